The van der Waals surface area contributed by atoms with E-state index in [2.05, 4.69) is 39.8 Å². The highest BCUT2D eigenvalue weighted by atomic mass is 32.2. The summed E-state index contributed by atoms with van der Waals surface area (Å²) in [5.41, 5.74) is 2.15. The smallest absolute Gasteiger partial charge is 0.123 e. The molecule has 1 N–H and O–H groups in total. The minimum absolute atomic E-state index is 0.00129. The molecule has 0 aliphatic heterocycles. The summed E-state index contributed by atoms with van der Waals surface area (Å²) in [7, 11) is 0. The van der Waals surface area contributed by atoms with Gasteiger partial charge in [0.2, 0.25) is 0 Å². The average Bonchev–Trinajstić information content (AvgIpc) is 2.56. The molecule has 0 aliphatic rings. The summed E-state index contributed by atoms with van der Waals surface area (Å²) in [5, 5.41) is 10.5. The van der Waals surface area contributed by atoms with E-state index < -0.39 is 0 Å². The molecule has 0 saturated heterocycles. The van der Waals surface area contributed by atoms with E-state index in [1.807, 2.05) is 17.8 Å². The molecular weight excluding hydrogens is 324 g/mol. The summed E-state index contributed by atoms with van der Waals surface area (Å²) in [6.45, 7) is 8.75. The molecule has 2 heteroatoms. The van der Waals surface area contributed by atoms with Crippen molar-refractivity contribution in [2.45, 2.75) is 103 Å². The number of rotatable bonds is 13. The van der Waals surface area contributed by atoms with E-state index in [1.165, 1.54) is 70.0 Å². The minimum Gasteiger partial charge on any atom is -0.507 e. The van der Waals surface area contributed by atoms with Crippen molar-refractivity contribution in [3.63, 3.8) is 0 Å². The lowest BCUT2D eigenvalue weighted by molar-refractivity contribution is 0.442. The first-order chi connectivity index (χ1) is 12.0. The zero-order valence-corrected chi connectivity index (χ0v) is 17.9. The molecule has 0 aliphatic carbocycles. The summed E-state index contributed by atoms with van der Waals surface area (Å²) >= 11 is 1.96. The molecule has 0 bridgehead atoms. The van der Waals surface area contributed by atoms with Crippen LogP contribution < -0.4 is 0 Å². The molecule has 0 amide bonds. The first-order valence-electron chi connectivity index (χ1n) is 10.4. The summed E-state index contributed by atoms with van der Waals surface area (Å²) in [5.74, 6) is 2.63. The van der Waals surface area contributed by atoms with Gasteiger partial charge in [0.1, 0.15) is 5.75 Å². The van der Waals surface area contributed by atoms with Crippen molar-refractivity contribution in [1.82, 2.24) is 0 Å². The van der Waals surface area contributed by atoms with Gasteiger partial charge in [0, 0.05) is 11.3 Å². The Hall–Kier alpha value is -0.630. The third-order valence-corrected chi connectivity index (χ3v) is 5.92. The van der Waals surface area contributed by atoms with Gasteiger partial charge in [-0.05, 0) is 23.2 Å². The highest BCUT2D eigenvalue weighted by Crippen LogP contribution is 2.34. The number of para-hydroxylation sites is 1. The fourth-order valence-corrected chi connectivity index (χ4v) is 4.19. The van der Waals surface area contributed by atoms with E-state index in [9.17, 15) is 5.11 Å². The first-order valence-corrected chi connectivity index (χ1v) is 11.5. The Kier molecular flexibility index (Phi) is 11.4. The van der Waals surface area contributed by atoms with Crippen LogP contribution in [0.5, 0.6) is 5.75 Å². The van der Waals surface area contributed by atoms with Gasteiger partial charge in [0.25, 0.3) is 0 Å². The quantitative estimate of drug-likeness (QED) is 0.360. The van der Waals surface area contributed by atoms with E-state index >= 15 is 0 Å². The van der Waals surface area contributed by atoms with Crippen molar-refractivity contribution in [1.29, 1.82) is 0 Å². The van der Waals surface area contributed by atoms with Crippen LogP contribution in [-0.2, 0) is 11.2 Å². The Labute approximate surface area is 161 Å². The van der Waals surface area contributed by atoms with Crippen LogP contribution in [-0.4, -0.2) is 10.9 Å². The van der Waals surface area contributed by atoms with Gasteiger partial charge >= 0.3 is 0 Å². The van der Waals surface area contributed by atoms with Crippen LogP contribution in [0, 0.1) is 0 Å². The van der Waals surface area contributed by atoms with Gasteiger partial charge in [0.05, 0.1) is 0 Å². The summed E-state index contributed by atoms with van der Waals surface area (Å²) in [6, 6.07) is 6.19. The van der Waals surface area contributed by atoms with Crippen molar-refractivity contribution in [3.05, 3.63) is 29.3 Å². The number of aromatic hydroxyl groups is 1. The lowest BCUT2D eigenvalue weighted by Crippen LogP contribution is -2.11. The maximum Gasteiger partial charge on any atom is 0.123 e. The molecular formula is C23H40OS. The Morgan fingerprint density at radius 1 is 0.840 bits per heavy atom. The topological polar surface area (TPSA) is 20.2 Å². The van der Waals surface area contributed by atoms with E-state index in [4.69, 9.17) is 0 Å². The first kappa shape index (κ1) is 22.4. The van der Waals surface area contributed by atoms with Crippen LogP contribution in [0.2, 0.25) is 0 Å². The van der Waals surface area contributed by atoms with Crippen LogP contribution in [0.25, 0.3) is 0 Å². The predicted octanol–water partition coefficient (Wildman–Crippen LogP) is 7.84. The summed E-state index contributed by atoms with van der Waals surface area (Å²) in [6.07, 6.45) is 13.9. The molecule has 25 heavy (non-hydrogen) atoms. The van der Waals surface area contributed by atoms with Gasteiger partial charge < -0.3 is 5.11 Å². The van der Waals surface area contributed by atoms with Gasteiger partial charge in [-0.15, -0.1) is 0 Å². The maximum absolute atomic E-state index is 10.5. The molecule has 1 aromatic carbocycles. The molecule has 144 valence electrons. The van der Waals surface area contributed by atoms with Crippen LogP contribution >= 0.6 is 11.8 Å². The minimum atomic E-state index is 0.00129. The highest BCUT2D eigenvalue weighted by Gasteiger charge is 2.19. The highest BCUT2D eigenvalue weighted by molar-refractivity contribution is 7.98. The molecule has 0 atom stereocenters. The lowest BCUT2D eigenvalue weighted by Gasteiger charge is -2.21. The normalized spacial score (nSPS) is 11.8. The monoisotopic (exact) mass is 364 g/mol. The van der Waals surface area contributed by atoms with Crippen LogP contribution in [0.4, 0.5) is 0 Å². The Morgan fingerprint density at radius 3 is 1.96 bits per heavy atom. The fraction of sp³-hybridized carbons (Fsp3) is 0.739. The lowest BCUT2D eigenvalue weighted by atomic mass is 9.85. The molecule has 0 unspecified atom stereocenters. The van der Waals surface area contributed by atoms with Gasteiger partial charge in [-0.2, -0.15) is 11.8 Å². The van der Waals surface area contributed by atoms with Crippen LogP contribution in [0.15, 0.2) is 18.2 Å². The molecule has 0 saturated carbocycles. The number of benzene rings is 1. The number of phenolic OH excluding ortho intramolecular Hbond substituents is 1. The standard InChI is InChI=1S/C23H40OS/c1-5-6-7-8-9-10-11-12-13-14-18-25-19-20-16-15-17-21(22(20)24)23(2,3)4/h15-17,24H,5-14,18-19H2,1-4H3. The van der Waals surface area contributed by atoms with Gasteiger partial charge in [-0.25, -0.2) is 0 Å². The van der Waals surface area contributed by atoms with Gasteiger partial charge in [0.15, 0.2) is 0 Å². The van der Waals surface area contributed by atoms with Gasteiger partial charge in [-0.1, -0.05) is 104 Å². The van der Waals surface area contributed by atoms with Gasteiger partial charge in [-0.3, -0.25) is 0 Å². The molecule has 0 aromatic heterocycles. The Morgan fingerprint density at radius 2 is 1.40 bits per heavy atom. The Bertz CT molecular complexity index is 462. The zero-order chi connectivity index (χ0) is 18.5. The van der Waals surface area contributed by atoms with Crippen LogP contribution in [0.1, 0.15) is 103 Å². The molecule has 1 nitrogen and oxygen atoms in total. The van der Waals surface area contributed by atoms with Crippen molar-refractivity contribution < 1.29 is 5.11 Å². The maximum atomic E-state index is 10.5. The third kappa shape index (κ3) is 9.58. The summed E-state index contributed by atoms with van der Waals surface area (Å²) < 4.78 is 0. The SMILES string of the molecule is CCCCCCCCCCCCSCc1cccc(C(C)(C)C)c1O. The van der Waals surface area contributed by atoms with Crippen molar-refractivity contribution in [2.75, 3.05) is 5.75 Å². The molecule has 0 spiro atoms. The van der Waals surface area contributed by atoms with Crippen molar-refractivity contribution in [3.8, 4) is 5.75 Å². The second-order valence-corrected chi connectivity index (χ2v) is 9.40. The largest absolute Gasteiger partial charge is 0.507 e. The van der Waals surface area contributed by atoms with E-state index in [1.54, 1.807) is 0 Å². The van der Waals surface area contributed by atoms with Crippen molar-refractivity contribution in [2.24, 2.45) is 0 Å². The van der Waals surface area contributed by atoms with Crippen molar-refractivity contribution >= 4 is 11.8 Å². The second kappa shape index (κ2) is 12.7. The number of hydrogen-bond acceptors (Lipinski definition) is 2. The molecule has 0 heterocycles. The molecule has 1 rings (SSSR count). The zero-order valence-electron chi connectivity index (χ0n) is 17.1. The molecule has 0 fully saturated rings. The van der Waals surface area contributed by atoms with E-state index in [0.29, 0.717) is 5.75 Å². The Balaban J connectivity index is 2.09. The van der Waals surface area contributed by atoms with Crippen LogP contribution in [0.3, 0.4) is 0 Å². The molecule has 0 radical (unpaired) electrons. The van der Waals surface area contributed by atoms with E-state index in [0.717, 1.165) is 16.9 Å². The molecule has 1 aromatic rings. The summed E-state index contributed by atoms with van der Waals surface area (Å²) in [4.78, 5) is 0. The second-order valence-electron chi connectivity index (χ2n) is 8.30. The number of thioether (sulfide) groups is 1. The number of hydrogen-bond donors (Lipinski definition) is 1. The number of phenols is 1. The fourth-order valence-electron chi connectivity index (χ4n) is 3.19. The van der Waals surface area contributed by atoms with E-state index in [-0.39, 0.29) is 5.41 Å². The average molecular weight is 365 g/mol. The number of unbranched alkanes of at least 4 members (excludes halogenated alkanes) is 9. The third-order valence-electron chi connectivity index (χ3n) is 4.83. The predicted molar refractivity (Wildman–Crippen MR) is 115 cm³/mol.